The lowest BCUT2D eigenvalue weighted by atomic mass is 10.2. The number of thiophene rings is 1. The molecule has 0 atom stereocenters. The van der Waals surface area contributed by atoms with Gasteiger partial charge in [0.25, 0.3) is 10.0 Å². The standard InChI is InChI=1S/C29H27N5O4S2/c1-20-10-11-29(39-20)40(35,36)34(18-21-14-23(37-2)16-27(32-21)25-8-4-6-12-30-25)19-22-15-24(38-3)17-28(33-22)26-9-5-7-13-31-26/h4-17H,18-19H2,1-3H3. The molecular formula is C29H27N5O4S2. The van der Waals surface area contributed by atoms with E-state index in [1.807, 2.05) is 43.3 Å². The minimum absolute atomic E-state index is 0.0197. The highest BCUT2D eigenvalue weighted by Gasteiger charge is 2.28. The molecule has 0 aliphatic heterocycles. The van der Waals surface area contributed by atoms with Crippen LogP contribution < -0.4 is 9.47 Å². The number of methoxy groups -OCH3 is 2. The molecule has 0 unspecified atom stereocenters. The molecule has 11 heteroatoms. The Kier molecular flexibility index (Phi) is 8.15. The summed E-state index contributed by atoms with van der Waals surface area (Å²) in [6, 6.07) is 21.5. The van der Waals surface area contributed by atoms with Gasteiger partial charge in [-0.2, -0.15) is 4.31 Å². The average molecular weight is 574 g/mol. The molecule has 0 bridgehead atoms. The summed E-state index contributed by atoms with van der Waals surface area (Å²) in [5.41, 5.74) is 3.47. The lowest BCUT2D eigenvalue weighted by Gasteiger charge is -2.22. The zero-order chi connectivity index (χ0) is 28.1. The van der Waals surface area contributed by atoms with Gasteiger partial charge in [0, 0.05) is 41.5 Å². The van der Waals surface area contributed by atoms with Gasteiger partial charge in [-0.3, -0.25) is 9.97 Å². The highest BCUT2D eigenvalue weighted by Crippen LogP contribution is 2.30. The van der Waals surface area contributed by atoms with Crippen molar-refractivity contribution in [1.29, 1.82) is 0 Å². The van der Waals surface area contributed by atoms with E-state index in [4.69, 9.17) is 19.4 Å². The SMILES string of the molecule is COc1cc(CN(Cc2cc(OC)cc(-c3ccccn3)n2)S(=O)(=O)c2ccc(C)s2)nc(-c2ccccn2)c1. The van der Waals surface area contributed by atoms with Crippen LogP contribution in [0.1, 0.15) is 16.3 Å². The van der Waals surface area contributed by atoms with E-state index in [0.717, 1.165) is 4.88 Å². The predicted octanol–water partition coefficient (Wildman–Crippen LogP) is 5.38. The number of ether oxygens (including phenoxy) is 2. The molecule has 5 aromatic rings. The van der Waals surface area contributed by atoms with Crippen LogP contribution in [0.2, 0.25) is 0 Å². The second kappa shape index (κ2) is 11.9. The summed E-state index contributed by atoms with van der Waals surface area (Å²) in [6.45, 7) is 1.84. The van der Waals surface area contributed by atoms with Gasteiger partial charge in [-0.25, -0.2) is 18.4 Å². The molecular weight excluding hydrogens is 546 g/mol. The summed E-state index contributed by atoms with van der Waals surface area (Å²) in [7, 11) is -0.794. The number of hydrogen-bond acceptors (Lipinski definition) is 9. The van der Waals surface area contributed by atoms with Crippen LogP contribution in [0.25, 0.3) is 22.8 Å². The van der Waals surface area contributed by atoms with Crippen molar-refractivity contribution in [1.82, 2.24) is 24.2 Å². The molecule has 0 saturated carbocycles. The normalized spacial score (nSPS) is 11.5. The van der Waals surface area contributed by atoms with E-state index in [-0.39, 0.29) is 17.3 Å². The minimum Gasteiger partial charge on any atom is -0.497 e. The third kappa shape index (κ3) is 6.17. The van der Waals surface area contributed by atoms with Crippen LogP contribution in [0.5, 0.6) is 11.5 Å². The Morgan fingerprint density at radius 3 is 1.65 bits per heavy atom. The van der Waals surface area contributed by atoms with Crippen molar-refractivity contribution in [3.8, 4) is 34.3 Å². The summed E-state index contributed by atoms with van der Waals surface area (Å²) < 4.78 is 40.6. The molecule has 5 aromatic heterocycles. The van der Waals surface area contributed by atoms with Crippen LogP contribution >= 0.6 is 11.3 Å². The Morgan fingerprint density at radius 1 is 0.725 bits per heavy atom. The van der Waals surface area contributed by atoms with Gasteiger partial charge in [0.1, 0.15) is 15.7 Å². The van der Waals surface area contributed by atoms with Gasteiger partial charge in [0.05, 0.1) is 61.5 Å². The largest absolute Gasteiger partial charge is 0.497 e. The van der Waals surface area contributed by atoms with Crippen molar-refractivity contribution in [2.45, 2.75) is 24.2 Å². The maximum Gasteiger partial charge on any atom is 0.253 e. The molecule has 0 N–H and O–H groups in total. The molecule has 0 aliphatic rings. The molecule has 0 amide bonds. The number of nitrogens with zero attached hydrogens (tertiary/aromatic N) is 5. The first-order valence-electron chi connectivity index (χ1n) is 12.3. The third-order valence-corrected chi connectivity index (χ3v) is 9.28. The zero-order valence-corrected chi connectivity index (χ0v) is 23.8. The van der Waals surface area contributed by atoms with Crippen LogP contribution in [-0.4, -0.2) is 46.9 Å². The molecule has 5 heterocycles. The average Bonchev–Trinajstić information content (AvgIpc) is 3.44. The van der Waals surface area contributed by atoms with Gasteiger partial charge in [0.15, 0.2) is 0 Å². The van der Waals surface area contributed by atoms with Crippen molar-refractivity contribution < 1.29 is 17.9 Å². The number of aryl methyl sites for hydroxylation is 1. The van der Waals surface area contributed by atoms with Crippen molar-refractivity contribution in [3.05, 3.63) is 101 Å². The molecule has 204 valence electrons. The number of sulfonamides is 1. The molecule has 0 aromatic carbocycles. The van der Waals surface area contributed by atoms with E-state index < -0.39 is 10.0 Å². The monoisotopic (exact) mass is 573 g/mol. The van der Waals surface area contributed by atoms with Crippen molar-refractivity contribution in [2.24, 2.45) is 0 Å². The summed E-state index contributed by atoms with van der Waals surface area (Å²) >= 11 is 1.22. The van der Waals surface area contributed by atoms with Crippen LogP contribution in [0.3, 0.4) is 0 Å². The molecule has 0 spiro atoms. The molecule has 0 saturated heterocycles. The van der Waals surface area contributed by atoms with E-state index >= 15 is 0 Å². The molecule has 40 heavy (non-hydrogen) atoms. The number of rotatable bonds is 10. The van der Waals surface area contributed by atoms with E-state index in [1.165, 1.54) is 15.6 Å². The first-order valence-corrected chi connectivity index (χ1v) is 14.6. The Hall–Kier alpha value is -4.19. The van der Waals surface area contributed by atoms with Crippen LogP contribution in [0, 0.1) is 6.92 Å². The first kappa shape index (κ1) is 27.4. The van der Waals surface area contributed by atoms with E-state index in [1.54, 1.807) is 63.0 Å². The molecule has 0 aliphatic carbocycles. The van der Waals surface area contributed by atoms with Crippen LogP contribution in [0.4, 0.5) is 0 Å². The predicted molar refractivity (Wildman–Crippen MR) is 154 cm³/mol. The minimum atomic E-state index is -3.91. The fourth-order valence-corrected chi connectivity index (χ4v) is 6.89. The quantitative estimate of drug-likeness (QED) is 0.219. The van der Waals surface area contributed by atoms with Gasteiger partial charge in [-0.05, 0) is 43.3 Å². The fourth-order valence-electron chi connectivity index (χ4n) is 4.07. The molecule has 5 rings (SSSR count). The Bertz CT molecular complexity index is 1620. The van der Waals surface area contributed by atoms with Gasteiger partial charge in [-0.1, -0.05) is 12.1 Å². The summed E-state index contributed by atoms with van der Waals surface area (Å²) in [4.78, 5) is 19.2. The summed E-state index contributed by atoms with van der Waals surface area (Å²) in [5.74, 6) is 1.10. The topological polar surface area (TPSA) is 107 Å². The first-order chi connectivity index (χ1) is 19.4. The fraction of sp³-hybridized carbons (Fsp3) is 0.172. The second-order valence-electron chi connectivity index (χ2n) is 8.84. The van der Waals surface area contributed by atoms with Crippen molar-refractivity contribution in [3.63, 3.8) is 0 Å². The van der Waals surface area contributed by atoms with Gasteiger partial charge in [0.2, 0.25) is 0 Å². The molecule has 9 nitrogen and oxygen atoms in total. The van der Waals surface area contributed by atoms with E-state index in [0.29, 0.717) is 45.7 Å². The van der Waals surface area contributed by atoms with Gasteiger partial charge in [-0.15, -0.1) is 11.3 Å². The smallest absolute Gasteiger partial charge is 0.253 e. The number of pyridine rings is 4. The molecule has 0 radical (unpaired) electrons. The van der Waals surface area contributed by atoms with Crippen molar-refractivity contribution >= 4 is 21.4 Å². The Balaban J connectivity index is 1.57. The van der Waals surface area contributed by atoms with Crippen molar-refractivity contribution in [2.75, 3.05) is 14.2 Å². The highest BCUT2D eigenvalue weighted by atomic mass is 32.2. The maximum atomic E-state index is 14.0. The van der Waals surface area contributed by atoms with E-state index in [2.05, 4.69) is 9.97 Å². The van der Waals surface area contributed by atoms with Gasteiger partial charge < -0.3 is 9.47 Å². The molecule has 0 fully saturated rings. The highest BCUT2D eigenvalue weighted by molar-refractivity contribution is 7.91. The Labute approximate surface area is 237 Å². The zero-order valence-electron chi connectivity index (χ0n) is 22.2. The van der Waals surface area contributed by atoms with Crippen LogP contribution in [0.15, 0.2) is 89.4 Å². The lowest BCUT2D eigenvalue weighted by Crippen LogP contribution is -2.30. The lowest BCUT2D eigenvalue weighted by molar-refractivity contribution is 0.385. The van der Waals surface area contributed by atoms with Gasteiger partial charge >= 0.3 is 0 Å². The maximum absolute atomic E-state index is 14.0. The van der Waals surface area contributed by atoms with E-state index in [9.17, 15) is 8.42 Å². The van der Waals surface area contributed by atoms with Crippen LogP contribution in [-0.2, 0) is 23.1 Å². The number of aromatic nitrogens is 4. The number of hydrogen-bond donors (Lipinski definition) is 0. The third-order valence-electron chi connectivity index (χ3n) is 6.02. The Morgan fingerprint density at radius 2 is 1.25 bits per heavy atom. The second-order valence-corrected chi connectivity index (χ2v) is 12.3. The summed E-state index contributed by atoms with van der Waals surface area (Å²) in [5, 5.41) is 0. The summed E-state index contributed by atoms with van der Waals surface area (Å²) in [6.07, 6.45) is 3.36.